The number of hydrogen-bond donors (Lipinski definition) is 4. The maximum absolute atomic E-state index is 13.3. The molecule has 34 heavy (non-hydrogen) atoms. The fourth-order valence-electron chi connectivity index (χ4n) is 5.07. The first-order chi connectivity index (χ1) is 16.6. The molecular formula is C26H38N4O4. The largest absolute Gasteiger partial charge is 0.488 e. The van der Waals surface area contributed by atoms with Crippen molar-refractivity contribution in [3.05, 3.63) is 30.6 Å². The van der Waals surface area contributed by atoms with Gasteiger partial charge < -0.3 is 25.2 Å². The van der Waals surface area contributed by atoms with E-state index in [1.165, 1.54) is 19.3 Å². The number of amides is 2. The van der Waals surface area contributed by atoms with E-state index in [2.05, 4.69) is 15.5 Å². The van der Waals surface area contributed by atoms with E-state index in [1.54, 1.807) is 6.20 Å². The van der Waals surface area contributed by atoms with E-state index >= 15 is 0 Å². The third kappa shape index (κ3) is 6.73. The molecule has 2 aliphatic rings. The molecule has 8 nitrogen and oxygen atoms in total. The minimum atomic E-state index is -0.254. The molecule has 0 spiro atoms. The van der Waals surface area contributed by atoms with Crippen LogP contribution in [0.2, 0.25) is 0 Å². The molecule has 1 heterocycles. The number of carbonyl (C=O) groups is 1. The zero-order valence-electron chi connectivity index (χ0n) is 19.9. The number of ether oxygens (including phenoxy) is 1. The molecule has 0 radical (unpaired) electrons. The topological polar surface area (TPSA) is 111 Å². The number of aromatic amines is 1. The van der Waals surface area contributed by atoms with Crippen molar-refractivity contribution >= 4 is 11.7 Å². The lowest BCUT2D eigenvalue weighted by molar-refractivity contribution is 0.0669. The van der Waals surface area contributed by atoms with Crippen molar-refractivity contribution < 1.29 is 19.7 Å². The smallest absolute Gasteiger partial charge is 0.321 e. The van der Waals surface area contributed by atoms with E-state index in [-0.39, 0.29) is 24.8 Å². The van der Waals surface area contributed by atoms with Crippen LogP contribution in [0.3, 0.4) is 0 Å². The van der Waals surface area contributed by atoms with Gasteiger partial charge in [-0.2, -0.15) is 5.10 Å². The number of aliphatic hydroxyl groups is 2. The second kappa shape index (κ2) is 12.2. The lowest BCUT2D eigenvalue weighted by atomic mass is 9.89. The van der Waals surface area contributed by atoms with Crippen molar-refractivity contribution in [3.8, 4) is 16.9 Å². The van der Waals surface area contributed by atoms with E-state index < -0.39 is 0 Å². The van der Waals surface area contributed by atoms with Gasteiger partial charge in [-0.3, -0.25) is 5.10 Å². The average Bonchev–Trinajstić information content (AvgIpc) is 3.40. The molecule has 2 aliphatic carbocycles. The third-order valence-corrected chi connectivity index (χ3v) is 7.07. The number of nitrogens with one attached hydrogen (secondary N) is 2. The van der Waals surface area contributed by atoms with Gasteiger partial charge in [0.1, 0.15) is 5.75 Å². The number of rotatable bonds is 9. The Morgan fingerprint density at radius 3 is 2.62 bits per heavy atom. The Balaban J connectivity index is 1.51. The summed E-state index contributed by atoms with van der Waals surface area (Å²) in [5, 5.41) is 29.2. The first kappa shape index (κ1) is 24.5. The zero-order valence-corrected chi connectivity index (χ0v) is 19.9. The van der Waals surface area contributed by atoms with Gasteiger partial charge in [0, 0.05) is 31.5 Å². The highest BCUT2D eigenvalue weighted by Crippen LogP contribution is 2.34. The molecule has 4 rings (SSSR count). The van der Waals surface area contributed by atoms with Crippen molar-refractivity contribution in [2.75, 3.05) is 25.0 Å². The highest BCUT2D eigenvalue weighted by Gasteiger charge is 2.24. The molecule has 1 aromatic heterocycles. The maximum Gasteiger partial charge on any atom is 0.321 e. The van der Waals surface area contributed by atoms with Crippen LogP contribution >= 0.6 is 0 Å². The molecule has 4 N–H and O–H groups in total. The number of hydrogen-bond acceptors (Lipinski definition) is 5. The van der Waals surface area contributed by atoms with E-state index in [0.29, 0.717) is 30.3 Å². The van der Waals surface area contributed by atoms with Gasteiger partial charge >= 0.3 is 6.03 Å². The third-order valence-electron chi connectivity index (χ3n) is 7.07. The predicted molar refractivity (Wildman–Crippen MR) is 132 cm³/mol. The van der Waals surface area contributed by atoms with Crippen LogP contribution in [0.25, 0.3) is 11.1 Å². The molecular weight excluding hydrogens is 432 g/mol. The van der Waals surface area contributed by atoms with Gasteiger partial charge in [0.15, 0.2) is 0 Å². The number of H-pyrrole nitrogens is 1. The lowest BCUT2D eigenvalue weighted by Gasteiger charge is -2.31. The Bertz CT molecular complexity index is 890. The summed E-state index contributed by atoms with van der Waals surface area (Å²) in [7, 11) is 0. The monoisotopic (exact) mass is 470 g/mol. The number of carbonyl (C=O) groups excluding carboxylic acids is 1. The van der Waals surface area contributed by atoms with Gasteiger partial charge in [-0.25, -0.2) is 4.79 Å². The second-order valence-corrected chi connectivity index (χ2v) is 9.70. The zero-order chi connectivity index (χ0) is 23.8. The Hall–Kier alpha value is -2.58. The molecule has 8 heteroatoms. The fraction of sp³-hybridized carbons (Fsp3) is 0.615. The van der Waals surface area contributed by atoms with Gasteiger partial charge in [0.25, 0.3) is 0 Å². The van der Waals surface area contributed by atoms with Gasteiger partial charge in [0.05, 0.1) is 24.1 Å². The molecule has 2 aromatic rings. The van der Waals surface area contributed by atoms with Gasteiger partial charge in [-0.05, 0) is 68.6 Å². The first-order valence-electron chi connectivity index (χ1n) is 12.8. The molecule has 0 saturated heterocycles. The normalized spacial score (nSPS) is 21.2. The van der Waals surface area contributed by atoms with Crippen LogP contribution in [0.1, 0.15) is 64.2 Å². The summed E-state index contributed by atoms with van der Waals surface area (Å²) in [6.07, 6.45) is 13.0. The summed E-state index contributed by atoms with van der Waals surface area (Å²) in [5.41, 5.74) is 2.54. The van der Waals surface area contributed by atoms with Crippen molar-refractivity contribution in [3.63, 3.8) is 0 Å². The van der Waals surface area contributed by atoms with Crippen molar-refractivity contribution in [2.24, 2.45) is 5.92 Å². The van der Waals surface area contributed by atoms with E-state index in [1.807, 2.05) is 29.3 Å². The first-order valence-corrected chi connectivity index (χ1v) is 12.8. The van der Waals surface area contributed by atoms with E-state index in [0.717, 1.165) is 56.2 Å². The number of benzene rings is 1. The summed E-state index contributed by atoms with van der Waals surface area (Å²) < 4.78 is 6.37. The van der Waals surface area contributed by atoms with E-state index in [9.17, 15) is 15.0 Å². The predicted octanol–water partition coefficient (Wildman–Crippen LogP) is 4.56. The summed E-state index contributed by atoms with van der Waals surface area (Å²) in [6, 6.07) is 5.64. The summed E-state index contributed by atoms with van der Waals surface area (Å²) in [4.78, 5) is 15.2. The molecule has 0 unspecified atom stereocenters. The minimum absolute atomic E-state index is 0.00591. The fourth-order valence-corrected chi connectivity index (χ4v) is 5.07. The number of aliphatic hydroxyl groups excluding tert-OH is 2. The second-order valence-electron chi connectivity index (χ2n) is 9.70. The summed E-state index contributed by atoms with van der Waals surface area (Å²) >= 11 is 0. The maximum atomic E-state index is 13.3. The average molecular weight is 471 g/mol. The van der Waals surface area contributed by atoms with Gasteiger partial charge in [-0.15, -0.1) is 0 Å². The Labute approximate surface area is 201 Å². The molecule has 0 aliphatic heterocycles. The van der Waals surface area contributed by atoms with Crippen molar-refractivity contribution in [1.82, 2.24) is 15.1 Å². The van der Waals surface area contributed by atoms with Crippen LogP contribution in [0.5, 0.6) is 5.75 Å². The molecule has 2 amide bonds. The van der Waals surface area contributed by atoms with Crippen molar-refractivity contribution in [1.29, 1.82) is 0 Å². The van der Waals surface area contributed by atoms with E-state index in [4.69, 9.17) is 4.74 Å². The highest BCUT2D eigenvalue weighted by molar-refractivity contribution is 5.91. The van der Waals surface area contributed by atoms with Gasteiger partial charge in [0.2, 0.25) is 0 Å². The van der Waals surface area contributed by atoms with Gasteiger partial charge in [-0.1, -0.05) is 25.3 Å². The SMILES string of the molecule is O=C(Nc1ccc(-c2cn[nH]c2)cc1OC1CCC(O)CC1)N(CCCO)CC1CCCCC1. The number of anilines is 1. The number of nitrogens with zero attached hydrogens (tertiary/aromatic N) is 2. The summed E-state index contributed by atoms with van der Waals surface area (Å²) in [6.45, 7) is 1.31. The number of aromatic nitrogens is 2. The molecule has 186 valence electrons. The number of urea groups is 1. The van der Waals surface area contributed by atoms with Crippen LogP contribution in [-0.4, -0.2) is 63.2 Å². The summed E-state index contributed by atoms with van der Waals surface area (Å²) in [5.74, 6) is 1.15. The molecule has 2 fully saturated rings. The van der Waals surface area contributed by atoms with Crippen LogP contribution < -0.4 is 10.1 Å². The molecule has 2 saturated carbocycles. The van der Waals surface area contributed by atoms with Crippen LogP contribution in [-0.2, 0) is 0 Å². The van der Waals surface area contributed by atoms with Crippen LogP contribution in [0.4, 0.5) is 10.5 Å². The molecule has 0 bridgehead atoms. The Morgan fingerprint density at radius 2 is 1.91 bits per heavy atom. The van der Waals surface area contributed by atoms with Crippen LogP contribution in [0, 0.1) is 5.92 Å². The Kier molecular flexibility index (Phi) is 8.82. The standard InChI is InChI=1S/C26H38N4O4/c31-14-4-13-30(18-19-5-2-1-3-6-19)26(33)29-24-12-7-20(21-16-27-28-17-21)15-25(24)34-23-10-8-22(32)9-11-23/h7,12,15-17,19,22-23,31-32H,1-6,8-11,13-14,18H2,(H,27,28)(H,29,33). The quantitative estimate of drug-likeness (QED) is 0.430. The molecule has 1 aromatic carbocycles. The Morgan fingerprint density at radius 1 is 1.12 bits per heavy atom. The highest BCUT2D eigenvalue weighted by atomic mass is 16.5. The lowest BCUT2D eigenvalue weighted by Crippen LogP contribution is -2.40. The minimum Gasteiger partial charge on any atom is -0.488 e. The van der Waals surface area contributed by atoms with Crippen molar-refractivity contribution in [2.45, 2.75) is 76.4 Å². The van der Waals surface area contributed by atoms with Crippen LogP contribution in [0.15, 0.2) is 30.6 Å². The molecule has 0 atom stereocenters.